The summed E-state index contributed by atoms with van der Waals surface area (Å²) in [5.41, 5.74) is 2.02. The van der Waals surface area contributed by atoms with Gasteiger partial charge < -0.3 is 14.5 Å². The van der Waals surface area contributed by atoms with Crippen LogP contribution >= 0.6 is 35.0 Å². The van der Waals surface area contributed by atoms with Crippen LogP contribution in [0.2, 0.25) is 10.0 Å². The number of anilines is 1. The number of furan rings is 1. The average Bonchev–Trinajstić information content (AvgIpc) is 3.07. The van der Waals surface area contributed by atoms with Gasteiger partial charge in [0.25, 0.3) is 0 Å². The number of thioether (sulfide) groups is 1. The van der Waals surface area contributed by atoms with E-state index in [9.17, 15) is 4.79 Å². The Balaban J connectivity index is 1.61. The fraction of sp³-hybridized carbons (Fsp3) is 0.136. The molecule has 1 atom stereocenters. The summed E-state index contributed by atoms with van der Waals surface area (Å²) in [6, 6.07) is 16.6. The molecule has 148 valence electrons. The second-order valence-electron chi connectivity index (χ2n) is 6.47. The van der Waals surface area contributed by atoms with Gasteiger partial charge in [0.2, 0.25) is 5.91 Å². The lowest BCUT2D eigenvalue weighted by atomic mass is 10.1. The average molecular weight is 446 g/mol. The van der Waals surface area contributed by atoms with Crippen LogP contribution in [0.25, 0.3) is 21.9 Å². The third-order valence-corrected chi connectivity index (χ3v) is 6.36. The molecule has 1 amide bonds. The van der Waals surface area contributed by atoms with E-state index in [4.69, 9.17) is 32.4 Å². The zero-order valence-electron chi connectivity index (χ0n) is 15.7. The summed E-state index contributed by atoms with van der Waals surface area (Å²) < 4.78 is 11.4. The van der Waals surface area contributed by atoms with Gasteiger partial charge in [0, 0.05) is 26.8 Å². The largest absolute Gasteiger partial charge is 0.495 e. The van der Waals surface area contributed by atoms with Gasteiger partial charge in [-0.25, -0.2) is 0 Å². The van der Waals surface area contributed by atoms with Gasteiger partial charge in [-0.15, -0.1) is 11.8 Å². The molecule has 1 aromatic heterocycles. The maximum Gasteiger partial charge on any atom is 0.237 e. The van der Waals surface area contributed by atoms with E-state index in [1.165, 1.54) is 11.8 Å². The molecule has 0 saturated carbocycles. The van der Waals surface area contributed by atoms with Gasteiger partial charge in [-0.05, 0) is 37.3 Å². The van der Waals surface area contributed by atoms with Crippen LogP contribution in [-0.4, -0.2) is 18.3 Å². The van der Waals surface area contributed by atoms with Gasteiger partial charge >= 0.3 is 0 Å². The first-order valence-corrected chi connectivity index (χ1v) is 10.5. The molecule has 0 saturated heterocycles. The fourth-order valence-corrected chi connectivity index (χ4v) is 4.47. The molecule has 4 rings (SSSR count). The third kappa shape index (κ3) is 4.04. The topological polar surface area (TPSA) is 51.5 Å². The van der Waals surface area contributed by atoms with Crippen LogP contribution in [0.5, 0.6) is 5.75 Å². The summed E-state index contributed by atoms with van der Waals surface area (Å²) in [6.07, 6.45) is 0. The standard InChI is InChI=1S/C22H17Cl2NO3S/c1-12(29-21-9-13(23)7-8-16(21)24)22(26)25-17-11-19-15(10-20(17)27-2)14-5-3-4-6-18(14)28-19/h3-12H,1-2H3,(H,25,26). The van der Waals surface area contributed by atoms with Crippen LogP contribution in [0.3, 0.4) is 0 Å². The van der Waals surface area contributed by atoms with Crippen LogP contribution < -0.4 is 10.1 Å². The maximum absolute atomic E-state index is 12.8. The normalized spacial score (nSPS) is 12.3. The van der Waals surface area contributed by atoms with E-state index in [2.05, 4.69) is 5.32 Å². The number of hydrogen-bond donors (Lipinski definition) is 1. The summed E-state index contributed by atoms with van der Waals surface area (Å²) in [6.45, 7) is 1.81. The Hall–Kier alpha value is -2.34. The minimum atomic E-state index is -0.401. The van der Waals surface area contributed by atoms with Gasteiger partial charge in [0.1, 0.15) is 16.9 Å². The molecule has 0 spiro atoms. The van der Waals surface area contributed by atoms with E-state index < -0.39 is 5.25 Å². The second kappa shape index (κ2) is 8.19. The van der Waals surface area contributed by atoms with Gasteiger partial charge in [-0.2, -0.15) is 0 Å². The predicted molar refractivity (Wildman–Crippen MR) is 121 cm³/mol. The van der Waals surface area contributed by atoms with Crippen molar-refractivity contribution in [2.24, 2.45) is 0 Å². The van der Waals surface area contributed by atoms with Crippen LogP contribution in [-0.2, 0) is 4.79 Å². The molecule has 1 heterocycles. The number of para-hydroxylation sites is 1. The highest BCUT2D eigenvalue weighted by atomic mass is 35.5. The first-order chi connectivity index (χ1) is 14.0. The predicted octanol–water partition coefficient (Wildman–Crippen LogP) is 7.02. The Bertz CT molecular complexity index is 1220. The number of benzene rings is 3. The van der Waals surface area contributed by atoms with Crippen LogP contribution in [0, 0.1) is 0 Å². The van der Waals surface area contributed by atoms with Crippen molar-refractivity contribution in [2.45, 2.75) is 17.1 Å². The maximum atomic E-state index is 12.8. The molecular weight excluding hydrogens is 429 g/mol. The second-order valence-corrected chi connectivity index (χ2v) is 8.70. The van der Waals surface area contributed by atoms with Crippen molar-refractivity contribution in [2.75, 3.05) is 12.4 Å². The molecule has 1 unspecified atom stereocenters. The van der Waals surface area contributed by atoms with E-state index in [0.29, 0.717) is 27.1 Å². The molecule has 4 aromatic rings. The van der Waals surface area contributed by atoms with E-state index in [-0.39, 0.29) is 5.91 Å². The molecule has 7 heteroatoms. The number of fused-ring (bicyclic) bond motifs is 3. The number of hydrogen-bond acceptors (Lipinski definition) is 4. The molecule has 0 radical (unpaired) electrons. The highest BCUT2D eigenvalue weighted by Crippen LogP contribution is 2.37. The van der Waals surface area contributed by atoms with Gasteiger partial charge in [0.05, 0.1) is 23.1 Å². The number of carbonyl (C=O) groups is 1. The first kappa shape index (κ1) is 20.0. The van der Waals surface area contributed by atoms with Crippen LogP contribution in [0.4, 0.5) is 5.69 Å². The van der Waals surface area contributed by atoms with Crippen molar-refractivity contribution in [3.05, 3.63) is 64.6 Å². The lowest BCUT2D eigenvalue weighted by molar-refractivity contribution is -0.115. The van der Waals surface area contributed by atoms with Gasteiger partial charge in [-0.1, -0.05) is 41.4 Å². The lowest BCUT2D eigenvalue weighted by Gasteiger charge is -2.15. The smallest absolute Gasteiger partial charge is 0.237 e. The van der Waals surface area contributed by atoms with E-state index in [0.717, 1.165) is 21.3 Å². The molecule has 0 aliphatic carbocycles. The summed E-state index contributed by atoms with van der Waals surface area (Å²) in [5, 5.41) is 5.59. The van der Waals surface area contributed by atoms with Crippen molar-refractivity contribution < 1.29 is 13.9 Å². The molecule has 4 nitrogen and oxygen atoms in total. The SMILES string of the molecule is COc1cc2c(cc1NC(=O)C(C)Sc1cc(Cl)ccc1Cl)oc1ccccc12. The van der Waals surface area contributed by atoms with Crippen molar-refractivity contribution in [1.82, 2.24) is 0 Å². The summed E-state index contributed by atoms with van der Waals surface area (Å²) >= 11 is 13.6. The number of rotatable bonds is 5. The molecule has 3 aromatic carbocycles. The fourth-order valence-electron chi connectivity index (χ4n) is 3.06. The third-order valence-electron chi connectivity index (χ3n) is 4.52. The van der Waals surface area contributed by atoms with Crippen molar-refractivity contribution in [3.8, 4) is 5.75 Å². The molecule has 0 fully saturated rings. The zero-order chi connectivity index (χ0) is 20.5. The first-order valence-electron chi connectivity index (χ1n) is 8.88. The summed E-state index contributed by atoms with van der Waals surface area (Å²) in [7, 11) is 1.57. The number of methoxy groups -OCH3 is 1. The Labute approximate surface area is 182 Å². The van der Waals surface area contributed by atoms with Crippen LogP contribution in [0.1, 0.15) is 6.92 Å². The monoisotopic (exact) mass is 445 g/mol. The van der Waals surface area contributed by atoms with Gasteiger partial charge in [-0.3, -0.25) is 4.79 Å². The Morgan fingerprint density at radius 2 is 1.86 bits per heavy atom. The van der Waals surface area contributed by atoms with Crippen molar-refractivity contribution in [1.29, 1.82) is 0 Å². The molecule has 0 aliphatic heterocycles. The van der Waals surface area contributed by atoms with E-state index in [1.54, 1.807) is 31.4 Å². The molecular formula is C22H17Cl2NO3S. The Morgan fingerprint density at radius 1 is 1.07 bits per heavy atom. The zero-order valence-corrected chi connectivity index (χ0v) is 18.0. The highest BCUT2D eigenvalue weighted by Gasteiger charge is 2.19. The minimum Gasteiger partial charge on any atom is -0.495 e. The lowest BCUT2D eigenvalue weighted by Crippen LogP contribution is -2.22. The van der Waals surface area contributed by atoms with E-state index in [1.807, 2.05) is 37.3 Å². The quantitative estimate of drug-likeness (QED) is 0.335. The van der Waals surface area contributed by atoms with Crippen LogP contribution in [0.15, 0.2) is 63.9 Å². The summed E-state index contributed by atoms with van der Waals surface area (Å²) in [4.78, 5) is 13.5. The number of carbonyl (C=O) groups excluding carboxylic acids is 1. The molecule has 29 heavy (non-hydrogen) atoms. The number of halogens is 2. The Kier molecular flexibility index (Phi) is 5.63. The number of amides is 1. The minimum absolute atomic E-state index is 0.181. The van der Waals surface area contributed by atoms with E-state index >= 15 is 0 Å². The van der Waals surface area contributed by atoms with Gasteiger partial charge in [0.15, 0.2) is 0 Å². The number of nitrogens with one attached hydrogen (secondary N) is 1. The number of ether oxygens (including phenoxy) is 1. The molecule has 1 N–H and O–H groups in total. The summed E-state index contributed by atoms with van der Waals surface area (Å²) in [5.74, 6) is 0.384. The Morgan fingerprint density at radius 3 is 2.66 bits per heavy atom. The van der Waals surface area contributed by atoms with Crippen molar-refractivity contribution >= 4 is 68.5 Å². The molecule has 0 aliphatic rings. The van der Waals surface area contributed by atoms with Crippen molar-refractivity contribution in [3.63, 3.8) is 0 Å². The highest BCUT2D eigenvalue weighted by molar-refractivity contribution is 8.00. The molecule has 0 bridgehead atoms.